The second-order valence-corrected chi connectivity index (χ2v) is 4.07. The van der Waals surface area contributed by atoms with Gasteiger partial charge in [0, 0.05) is 19.2 Å². The van der Waals surface area contributed by atoms with Crippen LogP contribution in [0.4, 0.5) is 0 Å². The Morgan fingerprint density at radius 3 is 3.00 bits per heavy atom. The quantitative estimate of drug-likeness (QED) is 0.824. The van der Waals surface area contributed by atoms with Crippen LogP contribution < -0.4 is 14.8 Å². The zero-order chi connectivity index (χ0) is 12.8. The van der Waals surface area contributed by atoms with Crippen molar-refractivity contribution in [3.8, 4) is 17.2 Å². The fourth-order valence-electron chi connectivity index (χ4n) is 1.79. The van der Waals surface area contributed by atoms with Gasteiger partial charge in [0.2, 0.25) is 0 Å². The van der Waals surface area contributed by atoms with Crippen LogP contribution in [-0.2, 0) is 4.74 Å². The minimum Gasteiger partial charge on any atom is -0.508 e. The predicted octanol–water partition coefficient (Wildman–Crippen LogP) is 1.16. The van der Waals surface area contributed by atoms with E-state index in [1.54, 1.807) is 18.2 Å². The van der Waals surface area contributed by atoms with E-state index in [9.17, 15) is 5.11 Å². The number of aromatic hydroxyl groups is 1. The lowest BCUT2D eigenvalue weighted by atomic mass is 10.3. The lowest BCUT2D eigenvalue weighted by Crippen LogP contribution is -2.41. The number of hydrogen-bond acceptors (Lipinski definition) is 5. The maximum atomic E-state index is 9.46. The number of phenols is 1. The van der Waals surface area contributed by atoms with Gasteiger partial charge in [-0.2, -0.15) is 0 Å². The SMILES string of the molecule is CCOc1ccc(O)cc1OCC1CNCCO1. The molecule has 1 fully saturated rings. The molecule has 1 atom stereocenters. The normalized spacial score (nSPS) is 19.5. The monoisotopic (exact) mass is 253 g/mol. The molecular weight excluding hydrogens is 234 g/mol. The average molecular weight is 253 g/mol. The van der Waals surface area contributed by atoms with Crippen LogP contribution >= 0.6 is 0 Å². The van der Waals surface area contributed by atoms with Gasteiger partial charge in [-0.25, -0.2) is 0 Å². The summed E-state index contributed by atoms with van der Waals surface area (Å²) in [6, 6.07) is 4.84. The number of hydrogen-bond donors (Lipinski definition) is 2. The van der Waals surface area contributed by atoms with Crippen LogP contribution in [0, 0.1) is 0 Å². The molecule has 0 aliphatic carbocycles. The van der Waals surface area contributed by atoms with Crippen LogP contribution in [-0.4, -0.2) is 44.1 Å². The first-order valence-electron chi connectivity index (χ1n) is 6.20. The van der Waals surface area contributed by atoms with Crippen molar-refractivity contribution < 1.29 is 19.3 Å². The van der Waals surface area contributed by atoms with E-state index in [0.29, 0.717) is 31.3 Å². The van der Waals surface area contributed by atoms with E-state index in [1.807, 2.05) is 6.92 Å². The van der Waals surface area contributed by atoms with Crippen LogP contribution in [0.2, 0.25) is 0 Å². The van der Waals surface area contributed by atoms with E-state index in [1.165, 1.54) is 0 Å². The lowest BCUT2D eigenvalue weighted by Gasteiger charge is -2.24. The van der Waals surface area contributed by atoms with Crippen LogP contribution in [0.15, 0.2) is 18.2 Å². The van der Waals surface area contributed by atoms with Crippen molar-refractivity contribution in [2.45, 2.75) is 13.0 Å². The van der Waals surface area contributed by atoms with E-state index in [2.05, 4.69) is 5.32 Å². The van der Waals surface area contributed by atoms with Crippen LogP contribution in [0.5, 0.6) is 17.2 Å². The molecule has 1 aliphatic rings. The molecule has 0 saturated carbocycles. The summed E-state index contributed by atoms with van der Waals surface area (Å²) in [5, 5.41) is 12.7. The molecule has 0 amide bonds. The maximum absolute atomic E-state index is 9.46. The topological polar surface area (TPSA) is 60.0 Å². The fourth-order valence-corrected chi connectivity index (χ4v) is 1.79. The Morgan fingerprint density at radius 1 is 1.39 bits per heavy atom. The second kappa shape index (κ2) is 6.47. The Balaban J connectivity index is 1.95. The molecule has 2 N–H and O–H groups in total. The van der Waals surface area contributed by atoms with Gasteiger partial charge in [-0.1, -0.05) is 0 Å². The Morgan fingerprint density at radius 2 is 2.28 bits per heavy atom. The summed E-state index contributed by atoms with van der Waals surface area (Å²) in [5.74, 6) is 1.35. The Hall–Kier alpha value is -1.46. The highest BCUT2D eigenvalue weighted by Gasteiger charge is 2.15. The molecule has 0 bridgehead atoms. The Bertz CT molecular complexity index is 377. The molecule has 18 heavy (non-hydrogen) atoms. The van der Waals surface area contributed by atoms with Crippen molar-refractivity contribution in [3.63, 3.8) is 0 Å². The summed E-state index contributed by atoms with van der Waals surface area (Å²) in [7, 11) is 0. The number of morpholine rings is 1. The third-order valence-corrected chi connectivity index (χ3v) is 2.66. The van der Waals surface area contributed by atoms with Crippen molar-refractivity contribution >= 4 is 0 Å². The molecule has 1 aromatic carbocycles. The van der Waals surface area contributed by atoms with Gasteiger partial charge in [-0.05, 0) is 19.1 Å². The summed E-state index contributed by atoms with van der Waals surface area (Å²) in [5.41, 5.74) is 0. The van der Waals surface area contributed by atoms with Gasteiger partial charge in [-0.3, -0.25) is 0 Å². The summed E-state index contributed by atoms with van der Waals surface area (Å²) < 4.78 is 16.6. The Kier molecular flexibility index (Phi) is 4.66. The van der Waals surface area contributed by atoms with Gasteiger partial charge in [0.25, 0.3) is 0 Å². The first kappa shape index (κ1) is 13.0. The largest absolute Gasteiger partial charge is 0.508 e. The van der Waals surface area contributed by atoms with Gasteiger partial charge >= 0.3 is 0 Å². The molecule has 100 valence electrons. The molecular formula is C13H19NO4. The summed E-state index contributed by atoms with van der Waals surface area (Å²) in [4.78, 5) is 0. The molecule has 1 aromatic rings. The van der Waals surface area contributed by atoms with E-state index in [-0.39, 0.29) is 11.9 Å². The molecule has 1 saturated heterocycles. The predicted molar refractivity (Wildman–Crippen MR) is 67.4 cm³/mol. The van der Waals surface area contributed by atoms with Gasteiger partial charge in [0.15, 0.2) is 11.5 Å². The van der Waals surface area contributed by atoms with Crippen molar-refractivity contribution in [1.82, 2.24) is 5.32 Å². The van der Waals surface area contributed by atoms with Gasteiger partial charge in [-0.15, -0.1) is 0 Å². The Labute approximate surface area is 107 Å². The number of benzene rings is 1. The zero-order valence-electron chi connectivity index (χ0n) is 10.5. The van der Waals surface area contributed by atoms with Crippen molar-refractivity contribution in [3.05, 3.63) is 18.2 Å². The van der Waals surface area contributed by atoms with E-state index in [0.717, 1.165) is 13.1 Å². The fraction of sp³-hybridized carbons (Fsp3) is 0.538. The van der Waals surface area contributed by atoms with Crippen LogP contribution in [0.3, 0.4) is 0 Å². The first-order valence-corrected chi connectivity index (χ1v) is 6.20. The number of phenolic OH excluding ortho intramolecular Hbond substituents is 1. The molecule has 0 aromatic heterocycles. The minimum atomic E-state index is 0.0376. The highest BCUT2D eigenvalue weighted by Crippen LogP contribution is 2.31. The zero-order valence-corrected chi connectivity index (χ0v) is 10.5. The second-order valence-electron chi connectivity index (χ2n) is 4.07. The third-order valence-electron chi connectivity index (χ3n) is 2.66. The number of nitrogens with one attached hydrogen (secondary N) is 1. The first-order chi connectivity index (χ1) is 8.79. The van der Waals surface area contributed by atoms with Gasteiger partial charge in [0.1, 0.15) is 18.5 Å². The molecule has 2 rings (SSSR count). The number of rotatable bonds is 5. The molecule has 0 spiro atoms. The van der Waals surface area contributed by atoms with E-state index in [4.69, 9.17) is 14.2 Å². The van der Waals surface area contributed by atoms with Crippen molar-refractivity contribution in [1.29, 1.82) is 0 Å². The molecule has 5 heteroatoms. The molecule has 0 radical (unpaired) electrons. The highest BCUT2D eigenvalue weighted by atomic mass is 16.5. The summed E-state index contributed by atoms with van der Waals surface area (Å²) in [6.07, 6.45) is 0.0376. The molecule has 1 heterocycles. The van der Waals surface area contributed by atoms with Crippen LogP contribution in [0.1, 0.15) is 6.92 Å². The molecule has 1 unspecified atom stereocenters. The van der Waals surface area contributed by atoms with E-state index < -0.39 is 0 Å². The number of ether oxygens (including phenoxy) is 3. The van der Waals surface area contributed by atoms with Crippen molar-refractivity contribution in [2.75, 3.05) is 32.9 Å². The van der Waals surface area contributed by atoms with E-state index >= 15 is 0 Å². The minimum absolute atomic E-state index is 0.0376. The summed E-state index contributed by atoms with van der Waals surface area (Å²) >= 11 is 0. The average Bonchev–Trinajstić information content (AvgIpc) is 2.40. The molecule has 1 aliphatic heterocycles. The van der Waals surface area contributed by atoms with Gasteiger partial charge < -0.3 is 24.6 Å². The van der Waals surface area contributed by atoms with Crippen molar-refractivity contribution in [2.24, 2.45) is 0 Å². The highest BCUT2D eigenvalue weighted by molar-refractivity contribution is 5.45. The summed E-state index contributed by atoms with van der Waals surface area (Å²) in [6.45, 7) is 5.27. The standard InChI is InChI=1S/C13H19NO4/c1-2-16-12-4-3-10(15)7-13(12)18-9-11-8-14-5-6-17-11/h3-4,7,11,14-15H,2,5-6,8-9H2,1H3. The molecule has 5 nitrogen and oxygen atoms in total. The maximum Gasteiger partial charge on any atom is 0.164 e. The third kappa shape index (κ3) is 3.51. The lowest BCUT2D eigenvalue weighted by molar-refractivity contribution is -0.000392. The van der Waals surface area contributed by atoms with Crippen LogP contribution in [0.25, 0.3) is 0 Å². The smallest absolute Gasteiger partial charge is 0.164 e. The van der Waals surface area contributed by atoms with Gasteiger partial charge in [0.05, 0.1) is 13.2 Å².